The summed E-state index contributed by atoms with van der Waals surface area (Å²) < 4.78 is 0.641. The third-order valence-electron chi connectivity index (χ3n) is 2.01. The monoisotopic (exact) mass is 256 g/mol. The van der Waals surface area contributed by atoms with Crippen LogP contribution in [0.25, 0.3) is 11.6 Å². The Balaban J connectivity index is 2.38. The fourth-order valence-corrected chi connectivity index (χ4v) is 1.90. The minimum atomic E-state index is 0.641. The lowest BCUT2D eigenvalue weighted by atomic mass is 9.87. The molecule has 0 spiro atoms. The third-order valence-corrected chi connectivity index (χ3v) is 2.68. The van der Waals surface area contributed by atoms with E-state index in [-0.39, 0.29) is 0 Å². The van der Waals surface area contributed by atoms with Crippen molar-refractivity contribution in [2.24, 2.45) is 0 Å². The predicted octanol–water partition coefficient (Wildman–Crippen LogP) is 3.36. The maximum absolute atomic E-state index is 2.45. The molecule has 0 saturated heterocycles. The Morgan fingerprint density at radius 1 is 1.27 bits per heavy atom. The van der Waals surface area contributed by atoms with Gasteiger partial charge in [0.1, 0.15) is 0 Å². The Labute approximate surface area is 80.5 Å². The third kappa shape index (κ3) is 1.11. The minimum absolute atomic E-state index is 0.641. The highest BCUT2D eigenvalue weighted by molar-refractivity contribution is 14.1. The van der Waals surface area contributed by atoms with Crippen molar-refractivity contribution in [2.45, 2.75) is 10.8 Å². The second kappa shape index (κ2) is 2.63. The first-order chi connectivity index (χ1) is 5.29. The molecular weight excluding hydrogens is 247 g/mol. The normalized spacial score (nSPS) is 16.4. The van der Waals surface area contributed by atoms with E-state index in [1.54, 1.807) is 0 Å². The van der Waals surface area contributed by atoms with Gasteiger partial charge in [-0.05, 0) is 29.7 Å². The van der Waals surface area contributed by atoms with Crippen molar-refractivity contribution in [1.29, 1.82) is 0 Å². The first-order valence-electron chi connectivity index (χ1n) is 3.74. The lowest BCUT2D eigenvalue weighted by Crippen LogP contribution is -2.05. The lowest BCUT2D eigenvalue weighted by Gasteiger charge is -2.21. The summed E-state index contributed by atoms with van der Waals surface area (Å²) in [5.41, 5.74) is 4.32. The largest absolute Gasteiger partial charge is 0.0777 e. The van der Waals surface area contributed by atoms with Gasteiger partial charge in [-0.2, -0.15) is 0 Å². The highest BCUT2D eigenvalue weighted by Gasteiger charge is 2.17. The van der Waals surface area contributed by atoms with Crippen LogP contribution in [0.2, 0.25) is 0 Å². The van der Waals surface area contributed by atoms with Crippen molar-refractivity contribution in [1.82, 2.24) is 0 Å². The van der Waals surface area contributed by atoms with E-state index in [0.717, 1.165) is 0 Å². The van der Waals surface area contributed by atoms with Gasteiger partial charge in [0.05, 0.1) is 0 Å². The molecule has 0 N–H and O–H groups in total. The van der Waals surface area contributed by atoms with Crippen molar-refractivity contribution in [3.8, 4) is 0 Å². The van der Waals surface area contributed by atoms with Gasteiger partial charge in [-0.25, -0.2) is 0 Å². The molecule has 2 rings (SSSR count). The summed E-state index contributed by atoms with van der Waals surface area (Å²) in [6, 6.07) is 8.55. The molecule has 1 unspecified atom stereocenters. The van der Waals surface area contributed by atoms with E-state index in [4.69, 9.17) is 0 Å². The molecule has 0 aromatic heterocycles. The number of benzene rings is 1. The van der Waals surface area contributed by atoms with Crippen LogP contribution in [0, 0.1) is 0 Å². The molecule has 56 valence electrons. The number of rotatable bonds is 1. The van der Waals surface area contributed by atoms with Gasteiger partial charge in [-0.3, -0.25) is 0 Å². The quantitative estimate of drug-likeness (QED) is 0.533. The molecule has 0 amide bonds. The molecule has 1 aromatic rings. The number of alkyl halides is 1. The van der Waals surface area contributed by atoms with E-state index >= 15 is 0 Å². The maximum Gasteiger partial charge on any atom is 0.0337 e. The molecule has 11 heavy (non-hydrogen) atoms. The molecule has 1 heteroatoms. The average molecular weight is 256 g/mol. The number of fused-ring (bicyclic) bond motifs is 1. The smallest absolute Gasteiger partial charge is 0.0337 e. The Morgan fingerprint density at radius 2 is 2.00 bits per heavy atom. The zero-order valence-corrected chi connectivity index (χ0v) is 8.50. The number of hydrogen-bond donors (Lipinski definition) is 0. The van der Waals surface area contributed by atoms with E-state index in [0.29, 0.717) is 3.92 Å². The highest BCUT2D eigenvalue weighted by Crippen LogP contribution is 2.36. The Hall–Kier alpha value is -0.310. The van der Waals surface area contributed by atoms with Gasteiger partial charge in [0.15, 0.2) is 0 Å². The van der Waals surface area contributed by atoms with E-state index in [1.165, 1.54) is 16.7 Å². The van der Waals surface area contributed by atoms with Gasteiger partial charge in [0.2, 0.25) is 0 Å². The Morgan fingerprint density at radius 3 is 2.64 bits per heavy atom. The number of hydrogen-bond acceptors (Lipinski definition) is 0. The molecular formula is C10H9I. The van der Waals surface area contributed by atoms with E-state index in [1.807, 2.05) is 0 Å². The topological polar surface area (TPSA) is 0 Å². The maximum atomic E-state index is 2.45. The summed E-state index contributed by atoms with van der Waals surface area (Å²) >= 11 is 2.45. The summed E-state index contributed by atoms with van der Waals surface area (Å²) in [4.78, 5) is 0. The van der Waals surface area contributed by atoms with Crippen LogP contribution in [-0.2, 0) is 0 Å². The van der Waals surface area contributed by atoms with Crippen LogP contribution >= 0.6 is 22.6 Å². The van der Waals surface area contributed by atoms with Crippen molar-refractivity contribution in [3.63, 3.8) is 0 Å². The molecule has 0 fully saturated rings. The van der Waals surface area contributed by atoms with Gasteiger partial charge in [-0.1, -0.05) is 46.9 Å². The molecule has 0 radical (unpaired) electrons. The first kappa shape index (κ1) is 7.35. The van der Waals surface area contributed by atoms with Crippen LogP contribution in [-0.4, -0.2) is 3.92 Å². The Kier molecular flexibility index (Phi) is 1.75. The molecule has 1 atom stereocenters. The van der Waals surface area contributed by atoms with Crippen molar-refractivity contribution in [3.05, 3.63) is 35.4 Å². The van der Waals surface area contributed by atoms with Crippen LogP contribution in [0.3, 0.4) is 0 Å². The zero-order valence-electron chi connectivity index (χ0n) is 6.34. The van der Waals surface area contributed by atoms with Gasteiger partial charge in [0, 0.05) is 3.92 Å². The molecule has 0 nitrogen and oxygen atoms in total. The summed E-state index contributed by atoms with van der Waals surface area (Å²) in [5.74, 6) is 0. The SMILES string of the molecule is CC(I)C1=Cc2ccccc21. The summed E-state index contributed by atoms with van der Waals surface area (Å²) in [7, 11) is 0. The number of allylic oxidation sites excluding steroid dienone is 1. The lowest BCUT2D eigenvalue weighted by molar-refractivity contribution is 1.29. The van der Waals surface area contributed by atoms with Crippen molar-refractivity contribution in [2.75, 3.05) is 0 Å². The van der Waals surface area contributed by atoms with Crippen molar-refractivity contribution >= 4 is 34.2 Å². The van der Waals surface area contributed by atoms with Crippen LogP contribution in [0.5, 0.6) is 0 Å². The molecule has 0 bridgehead atoms. The van der Waals surface area contributed by atoms with E-state index < -0.39 is 0 Å². The molecule has 1 aromatic carbocycles. The fourth-order valence-electron chi connectivity index (χ4n) is 1.38. The highest BCUT2D eigenvalue weighted by atomic mass is 127. The molecule has 1 aliphatic rings. The number of halogens is 1. The summed E-state index contributed by atoms with van der Waals surface area (Å²) in [5, 5.41) is 0. The van der Waals surface area contributed by atoms with E-state index in [9.17, 15) is 0 Å². The second-order valence-corrected chi connectivity index (χ2v) is 4.67. The second-order valence-electron chi connectivity index (χ2n) is 2.80. The molecule has 0 aliphatic heterocycles. The standard InChI is InChI=1S/C10H9I/c1-7(11)10-6-8-4-2-3-5-9(8)10/h2-7H,1H3. The van der Waals surface area contributed by atoms with Crippen molar-refractivity contribution < 1.29 is 0 Å². The van der Waals surface area contributed by atoms with Crippen LogP contribution in [0.1, 0.15) is 18.1 Å². The fraction of sp³-hybridized carbons (Fsp3) is 0.200. The van der Waals surface area contributed by atoms with Gasteiger partial charge in [0.25, 0.3) is 0 Å². The van der Waals surface area contributed by atoms with Gasteiger partial charge in [-0.15, -0.1) is 0 Å². The molecule has 0 heterocycles. The first-order valence-corrected chi connectivity index (χ1v) is 4.98. The predicted molar refractivity (Wildman–Crippen MR) is 57.8 cm³/mol. The zero-order chi connectivity index (χ0) is 7.84. The van der Waals surface area contributed by atoms with Gasteiger partial charge >= 0.3 is 0 Å². The van der Waals surface area contributed by atoms with Crippen LogP contribution in [0.4, 0.5) is 0 Å². The molecule has 0 saturated carbocycles. The van der Waals surface area contributed by atoms with Gasteiger partial charge < -0.3 is 0 Å². The Bertz CT molecular complexity index is 310. The molecule has 1 aliphatic carbocycles. The summed E-state index contributed by atoms with van der Waals surface area (Å²) in [6.07, 6.45) is 2.27. The van der Waals surface area contributed by atoms with E-state index in [2.05, 4.69) is 59.9 Å². The minimum Gasteiger partial charge on any atom is -0.0777 e. The summed E-state index contributed by atoms with van der Waals surface area (Å²) in [6.45, 7) is 2.22. The van der Waals surface area contributed by atoms with Crippen LogP contribution in [0.15, 0.2) is 24.3 Å². The van der Waals surface area contributed by atoms with Crippen LogP contribution < -0.4 is 0 Å². The average Bonchev–Trinajstić information content (AvgIpc) is 1.90.